The Hall–Kier alpha value is -2.35. The lowest BCUT2D eigenvalue weighted by Gasteiger charge is -2.30. The Morgan fingerprint density at radius 1 is 1.19 bits per heavy atom. The van der Waals surface area contributed by atoms with E-state index < -0.39 is 0 Å². The van der Waals surface area contributed by atoms with Crippen LogP contribution in [0.1, 0.15) is 39.0 Å². The monoisotopic (exact) mass is 375 g/mol. The normalized spacial score (nSPS) is 14.7. The molecule has 7 nitrogen and oxygen atoms in total. The molecule has 1 saturated carbocycles. The summed E-state index contributed by atoms with van der Waals surface area (Å²) in [6, 6.07) is 7.42. The maximum atomic E-state index is 12.1. The number of anilines is 3. The van der Waals surface area contributed by atoms with Gasteiger partial charge in [0.2, 0.25) is 10.3 Å². The number of benzene rings is 1. The third kappa shape index (κ3) is 4.85. The molecular formula is C18H25N5O2S. The van der Waals surface area contributed by atoms with E-state index >= 15 is 0 Å². The van der Waals surface area contributed by atoms with E-state index in [1.165, 1.54) is 43.4 Å². The van der Waals surface area contributed by atoms with Gasteiger partial charge in [0.1, 0.15) is 5.75 Å². The van der Waals surface area contributed by atoms with Crippen molar-refractivity contribution in [1.29, 1.82) is 0 Å². The van der Waals surface area contributed by atoms with E-state index in [9.17, 15) is 4.79 Å². The average molecular weight is 375 g/mol. The molecule has 1 aromatic heterocycles. The molecule has 1 heterocycles. The molecule has 3 rings (SSSR count). The van der Waals surface area contributed by atoms with Crippen LogP contribution in [0.25, 0.3) is 0 Å². The molecule has 0 bridgehead atoms. The molecule has 8 heteroatoms. The molecule has 1 aliphatic rings. The van der Waals surface area contributed by atoms with Crippen LogP contribution in [0.15, 0.2) is 24.3 Å². The molecular weight excluding hydrogens is 350 g/mol. The minimum Gasteiger partial charge on any atom is -0.494 e. The molecule has 0 spiro atoms. The highest BCUT2D eigenvalue weighted by Gasteiger charge is 2.21. The summed E-state index contributed by atoms with van der Waals surface area (Å²) in [5, 5.41) is 15.2. The SMILES string of the molecule is CCOc1ccc(NC(=O)Nc2nnc(N(C)C3CCCCC3)s2)cc1. The quantitative estimate of drug-likeness (QED) is 0.785. The van der Waals surface area contributed by atoms with E-state index in [1.54, 1.807) is 12.1 Å². The molecule has 1 fully saturated rings. The Morgan fingerprint density at radius 3 is 2.62 bits per heavy atom. The second-order valence-corrected chi connectivity index (χ2v) is 7.29. The topological polar surface area (TPSA) is 79.4 Å². The van der Waals surface area contributed by atoms with Gasteiger partial charge in [0, 0.05) is 18.8 Å². The standard InChI is InChI=1S/C18H25N5O2S/c1-3-25-15-11-9-13(10-12-15)19-16(24)20-17-21-22-18(26-17)23(2)14-7-5-4-6-8-14/h9-12,14H,3-8H2,1-2H3,(H2,19,20,21,24). The van der Waals surface area contributed by atoms with Crippen molar-refractivity contribution in [2.45, 2.75) is 45.1 Å². The van der Waals surface area contributed by atoms with Crippen molar-refractivity contribution >= 4 is 33.3 Å². The number of carbonyl (C=O) groups excluding carboxylic acids is 1. The van der Waals surface area contributed by atoms with Gasteiger partial charge in [0.05, 0.1) is 6.61 Å². The number of amides is 2. The van der Waals surface area contributed by atoms with E-state index in [-0.39, 0.29) is 6.03 Å². The van der Waals surface area contributed by atoms with Gasteiger partial charge in [-0.15, -0.1) is 10.2 Å². The number of carbonyl (C=O) groups is 1. The number of nitrogens with one attached hydrogen (secondary N) is 2. The summed E-state index contributed by atoms with van der Waals surface area (Å²) in [5.41, 5.74) is 0.690. The maximum Gasteiger partial charge on any atom is 0.325 e. The summed E-state index contributed by atoms with van der Waals surface area (Å²) < 4.78 is 5.39. The Kier molecular flexibility index (Phi) is 6.27. The van der Waals surface area contributed by atoms with Crippen LogP contribution in [-0.2, 0) is 0 Å². The van der Waals surface area contributed by atoms with E-state index in [0.717, 1.165) is 10.9 Å². The van der Waals surface area contributed by atoms with Crippen molar-refractivity contribution in [2.75, 3.05) is 29.2 Å². The van der Waals surface area contributed by atoms with Crippen LogP contribution in [0.2, 0.25) is 0 Å². The second-order valence-electron chi connectivity index (χ2n) is 6.33. The van der Waals surface area contributed by atoms with E-state index in [0.29, 0.717) is 23.5 Å². The van der Waals surface area contributed by atoms with E-state index in [2.05, 4.69) is 32.8 Å². The number of hydrogen-bond donors (Lipinski definition) is 2. The Bertz CT molecular complexity index is 713. The Labute approximate surface area is 157 Å². The van der Waals surface area contributed by atoms with Gasteiger partial charge in [-0.05, 0) is 44.0 Å². The van der Waals surface area contributed by atoms with Gasteiger partial charge in [-0.3, -0.25) is 5.32 Å². The van der Waals surface area contributed by atoms with E-state index in [1.807, 2.05) is 19.1 Å². The fourth-order valence-corrected chi connectivity index (χ4v) is 3.87. The molecule has 2 N–H and O–H groups in total. The minimum absolute atomic E-state index is 0.336. The number of ether oxygens (including phenoxy) is 1. The highest BCUT2D eigenvalue weighted by atomic mass is 32.1. The zero-order valence-electron chi connectivity index (χ0n) is 15.2. The molecule has 0 atom stereocenters. The first-order valence-corrected chi connectivity index (χ1v) is 9.84. The first-order valence-electron chi connectivity index (χ1n) is 9.03. The maximum absolute atomic E-state index is 12.1. The summed E-state index contributed by atoms with van der Waals surface area (Å²) in [6.07, 6.45) is 6.24. The minimum atomic E-state index is -0.336. The van der Waals surface area contributed by atoms with Crippen LogP contribution in [0.3, 0.4) is 0 Å². The Morgan fingerprint density at radius 2 is 1.92 bits per heavy atom. The molecule has 2 aromatic rings. The van der Waals surface area contributed by atoms with Crippen LogP contribution < -0.4 is 20.3 Å². The van der Waals surface area contributed by atoms with Gasteiger partial charge in [-0.2, -0.15) is 0 Å². The molecule has 0 radical (unpaired) electrons. The molecule has 140 valence electrons. The summed E-state index contributed by atoms with van der Waals surface area (Å²) in [7, 11) is 2.06. The van der Waals surface area contributed by atoms with Crippen LogP contribution in [0.5, 0.6) is 5.75 Å². The van der Waals surface area contributed by atoms with Gasteiger partial charge >= 0.3 is 6.03 Å². The van der Waals surface area contributed by atoms with Crippen LogP contribution in [0.4, 0.5) is 20.7 Å². The summed E-state index contributed by atoms with van der Waals surface area (Å²) in [6.45, 7) is 2.55. The molecule has 0 saturated heterocycles. The second kappa shape index (κ2) is 8.84. The van der Waals surface area contributed by atoms with Gasteiger partial charge in [0.25, 0.3) is 0 Å². The zero-order chi connectivity index (χ0) is 18.4. The first-order chi connectivity index (χ1) is 12.7. The van der Waals surface area contributed by atoms with Crippen LogP contribution >= 0.6 is 11.3 Å². The fraction of sp³-hybridized carbons (Fsp3) is 0.500. The third-order valence-corrected chi connectivity index (χ3v) is 5.41. The average Bonchev–Trinajstić information content (AvgIpc) is 3.12. The van der Waals surface area contributed by atoms with Gasteiger partial charge in [-0.1, -0.05) is 30.6 Å². The van der Waals surface area contributed by atoms with Crippen molar-refractivity contribution in [1.82, 2.24) is 10.2 Å². The van der Waals surface area contributed by atoms with Crippen molar-refractivity contribution in [2.24, 2.45) is 0 Å². The third-order valence-electron chi connectivity index (χ3n) is 4.48. The lowest BCUT2D eigenvalue weighted by atomic mass is 9.95. The van der Waals surface area contributed by atoms with Crippen molar-refractivity contribution in [3.8, 4) is 5.75 Å². The predicted molar refractivity (Wildman–Crippen MR) is 105 cm³/mol. The number of aromatic nitrogens is 2. The Balaban J connectivity index is 1.53. The number of nitrogens with zero attached hydrogens (tertiary/aromatic N) is 3. The summed E-state index contributed by atoms with van der Waals surface area (Å²) in [5.74, 6) is 0.776. The van der Waals surface area contributed by atoms with Crippen LogP contribution in [-0.4, -0.2) is 35.9 Å². The first kappa shape index (κ1) is 18.4. The molecule has 0 aliphatic heterocycles. The van der Waals surface area contributed by atoms with Gasteiger partial charge in [-0.25, -0.2) is 4.79 Å². The van der Waals surface area contributed by atoms with Crippen molar-refractivity contribution in [3.05, 3.63) is 24.3 Å². The van der Waals surface area contributed by atoms with Crippen molar-refractivity contribution < 1.29 is 9.53 Å². The summed E-state index contributed by atoms with van der Waals surface area (Å²) >= 11 is 1.39. The predicted octanol–water partition coefficient (Wildman–Crippen LogP) is 4.35. The van der Waals surface area contributed by atoms with Gasteiger partial charge < -0.3 is 15.0 Å². The van der Waals surface area contributed by atoms with E-state index in [4.69, 9.17) is 4.74 Å². The number of rotatable bonds is 6. The zero-order valence-corrected chi connectivity index (χ0v) is 16.0. The molecule has 1 aromatic carbocycles. The smallest absolute Gasteiger partial charge is 0.325 e. The highest BCUT2D eigenvalue weighted by Crippen LogP contribution is 2.29. The van der Waals surface area contributed by atoms with Gasteiger partial charge in [0.15, 0.2) is 0 Å². The molecule has 26 heavy (non-hydrogen) atoms. The molecule has 2 amide bonds. The lowest BCUT2D eigenvalue weighted by Crippen LogP contribution is -2.33. The molecule has 1 aliphatic carbocycles. The summed E-state index contributed by atoms with van der Waals surface area (Å²) in [4.78, 5) is 14.3. The fourth-order valence-electron chi connectivity index (χ4n) is 3.09. The van der Waals surface area contributed by atoms with Crippen LogP contribution in [0, 0.1) is 0 Å². The number of urea groups is 1. The number of hydrogen-bond acceptors (Lipinski definition) is 6. The highest BCUT2D eigenvalue weighted by molar-refractivity contribution is 7.19. The lowest BCUT2D eigenvalue weighted by molar-refractivity contribution is 0.262. The largest absolute Gasteiger partial charge is 0.494 e. The molecule has 0 unspecified atom stereocenters. The van der Waals surface area contributed by atoms with Crippen molar-refractivity contribution in [3.63, 3.8) is 0 Å².